The van der Waals surface area contributed by atoms with E-state index in [0.717, 1.165) is 0 Å². The average molecular weight is 174 g/mol. The van der Waals surface area contributed by atoms with Gasteiger partial charge in [-0.05, 0) is 19.0 Å². The molecule has 0 unspecified atom stereocenters. The highest BCUT2D eigenvalue weighted by atomic mass is 32.2. The molecule has 1 N–H and O–H groups in total. The molecule has 3 nitrogen and oxygen atoms in total. The molecule has 1 rings (SSSR count). The van der Waals surface area contributed by atoms with Crippen molar-refractivity contribution in [3.05, 3.63) is 29.8 Å². The molecule has 0 radical (unpaired) electrons. The quantitative estimate of drug-likeness (QED) is 0.652. The molecule has 0 saturated heterocycles. The van der Waals surface area contributed by atoms with Crippen LogP contribution < -0.4 is 0 Å². The smallest absolute Gasteiger partial charge is 0.282 e. The Morgan fingerprint density at radius 3 is 2.27 bits per heavy atom. The SMILES string of the molecule is [2H]C([2H])c1ccc(S(=O)(=O)O)cc1. The molecular weight excluding hydrogens is 164 g/mol. The molecule has 0 bridgehead atoms. The van der Waals surface area contributed by atoms with E-state index in [-0.39, 0.29) is 4.90 Å². The van der Waals surface area contributed by atoms with Crippen LogP contribution >= 0.6 is 0 Å². The molecule has 0 aliphatic carbocycles. The van der Waals surface area contributed by atoms with Crippen LogP contribution in [0.15, 0.2) is 29.2 Å². The van der Waals surface area contributed by atoms with Gasteiger partial charge in [-0.3, -0.25) is 4.55 Å². The molecule has 1 aromatic carbocycles. The lowest BCUT2D eigenvalue weighted by Crippen LogP contribution is -1.96. The van der Waals surface area contributed by atoms with Crippen LogP contribution in [0.1, 0.15) is 8.30 Å². The van der Waals surface area contributed by atoms with Gasteiger partial charge in [0.1, 0.15) is 0 Å². The predicted octanol–water partition coefficient (Wildman–Crippen LogP) is 1.24. The molecule has 0 aliphatic rings. The van der Waals surface area contributed by atoms with Gasteiger partial charge in [-0.15, -0.1) is 0 Å². The van der Waals surface area contributed by atoms with E-state index in [4.69, 9.17) is 7.29 Å². The minimum absolute atomic E-state index is 0.225. The molecule has 0 fully saturated rings. The number of rotatable bonds is 1. The summed E-state index contributed by atoms with van der Waals surface area (Å²) in [5, 5.41) is 0. The van der Waals surface area contributed by atoms with Crippen LogP contribution in [-0.4, -0.2) is 13.0 Å². The van der Waals surface area contributed by atoms with Crippen molar-refractivity contribution in [1.82, 2.24) is 0 Å². The first-order valence-electron chi connectivity index (χ1n) is 3.98. The van der Waals surface area contributed by atoms with Gasteiger partial charge in [-0.2, -0.15) is 8.42 Å². The second-order valence-corrected chi connectivity index (χ2v) is 3.47. The van der Waals surface area contributed by atoms with Crippen LogP contribution in [0.3, 0.4) is 0 Å². The van der Waals surface area contributed by atoms with E-state index in [2.05, 4.69) is 0 Å². The van der Waals surface area contributed by atoms with Crippen LogP contribution in [0, 0.1) is 6.88 Å². The van der Waals surface area contributed by atoms with Gasteiger partial charge in [0.25, 0.3) is 10.1 Å². The van der Waals surface area contributed by atoms with E-state index in [1.165, 1.54) is 24.3 Å². The minimum Gasteiger partial charge on any atom is -0.282 e. The van der Waals surface area contributed by atoms with Crippen molar-refractivity contribution in [2.75, 3.05) is 0 Å². The summed E-state index contributed by atoms with van der Waals surface area (Å²) in [5.74, 6) is 0. The van der Waals surface area contributed by atoms with E-state index >= 15 is 0 Å². The lowest BCUT2D eigenvalue weighted by Gasteiger charge is -1.95. The normalized spacial score (nSPS) is 14.4. The fourth-order valence-corrected chi connectivity index (χ4v) is 1.12. The van der Waals surface area contributed by atoms with Crippen molar-refractivity contribution < 1.29 is 15.7 Å². The highest BCUT2D eigenvalue weighted by Gasteiger charge is 2.06. The molecule has 1 aromatic rings. The summed E-state index contributed by atoms with van der Waals surface area (Å²) in [4.78, 5) is -0.225. The van der Waals surface area contributed by atoms with Crippen molar-refractivity contribution in [1.29, 1.82) is 0 Å². The summed E-state index contributed by atoms with van der Waals surface area (Å²) in [6.45, 7) is -1.14. The highest BCUT2D eigenvalue weighted by molar-refractivity contribution is 7.85. The molecule has 4 heteroatoms. The zero-order chi connectivity index (χ0) is 10.1. The van der Waals surface area contributed by atoms with E-state index in [1.54, 1.807) is 0 Å². The molecule has 0 amide bonds. The van der Waals surface area contributed by atoms with Gasteiger partial charge in [0, 0.05) is 2.74 Å². The highest BCUT2D eigenvalue weighted by Crippen LogP contribution is 2.08. The molecule has 0 atom stereocenters. The van der Waals surface area contributed by atoms with E-state index < -0.39 is 17.0 Å². The van der Waals surface area contributed by atoms with Gasteiger partial charge in [0.05, 0.1) is 4.90 Å². The van der Waals surface area contributed by atoms with Gasteiger partial charge < -0.3 is 0 Å². The Labute approximate surface area is 68.2 Å². The van der Waals surface area contributed by atoms with E-state index in [1.807, 2.05) is 0 Å². The molecule has 60 valence electrons. The standard InChI is InChI=1S/C7H8O3S/c1-6-2-4-7(5-3-6)11(8,9)10/h2-5H,1H3,(H,8,9,10)/i1D2. The van der Waals surface area contributed by atoms with Crippen LogP contribution in [0.2, 0.25) is 0 Å². The van der Waals surface area contributed by atoms with Crippen LogP contribution in [0.4, 0.5) is 0 Å². The lowest BCUT2D eigenvalue weighted by molar-refractivity contribution is 0.483. The van der Waals surface area contributed by atoms with Crippen molar-refractivity contribution in [3.8, 4) is 0 Å². The maximum atomic E-state index is 10.6. The molecule has 0 spiro atoms. The number of aryl methyl sites for hydroxylation is 1. The number of hydrogen-bond donors (Lipinski definition) is 1. The molecule has 11 heavy (non-hydrogen) atoms. The average Bonchev–Trinajstić information content (AvgIpc) is 2.03. The summed E-state index contributed by atoms with van der Waals surface area (Å²) in [5.41, 5.74) is 0.382. The largest absolute Gasteiger partial charge is 0.294 e. The number of benzene rings is 1. The van der Waals surface area contributed by atoms with Crippen molar-refractivity contribution in [2.45, 2.75) is 11.8 Å². The predicted molar refractivity (Wildman–Crippen MR) is 41.0 cm³/mol. The van der Waals surface area contributed by atoms with E-state index in [0.29, 0.717) is 5.56 Å². The van der Waals surface area contributed by atoms with Gasteiger partial charge in [0.2, 0.25) is 0 Å². The maximum absolute atomic E-state index is 10.6. The first-order valence-corrected chi connectivity index (χ1v) is 4.27. The summed E-state index contributed by atoms with van der Waals surface area (Å²) in [7, 11) is -4.17. The fourth-order valence-electron chi connectivity index (χ4n) is 0.640. The number of hydrogen-bond acceptors (Lipinski definition) is 2. The molecule has 0 heterocycles. The van der Waals surface area contributed by atoms with Gasteiger partial charge in [-0.25, -0.2) is 0 Å². The van der Waals surface area contributed by atoms with E-state index in [9.17, 15) is 8.42 Å². The first-order chi connectivity index (χ1) is 5.91. The van der Waals surface area contributed by atoms with Crippen molar-refractivity contribution in [3.63, 3.8) is 0 Å². The Bertz CT molecular complexity index is 383. The summed E-state index contributed by atoms with van der Waals surface area (Å²) in [6, 6.07) is 4.99. The fraction of sp³-hybridized carbons (Fsp3) is 0.143. The zero-order valence-electron chi connectivity index (χ0n) is 7.56. The third-order valence-electron chi connectivity index (χ3n) is 1.18. The first kappa shape index (κ1) is 5.74. The summed E-state index contributed by atoms with van der Waals surface area (Å²) >= 11 is 0. The maximum Gasteiger partial charge on any atom is 0.294 e. The Hall–Kier alpha value is -0.870. The van der Waals surface area contributed by atoms with Crippen molar-refractivity contribution >= 4 is 10.1 Å². The topological polar surface area (TPSA) is 54.4 Å². The molecule has 0 saturated carbocycles. The third kappa shape index (κ3) is 2.03. The van der Waals surface area contributed by atoms with Gasteiger partial charge >= 0.3 is 0 Å². The third-order valence-corrected chi connectivity index (χ3v) is 2.05. The Morgan fingerprint density at radius 2 is 1.91 bits per heavy atom. The molecule has 0 aromatic heterocycles. The Kier molecular flexibility index (Phi) is 1.38. The van der Waals surface area contributed by atoms with Gasteiger partial charge in [-0.1, -0.05) is 17.7 Å². The Balaban J connectivity index is 3.08. The monoisotopic (exact) mass is 174 g/mol. The molecule has 0 aliphatic heterocycles. The van der Waals surface area contributed by atoms with Crippen LogP contribution in [0.25, 0.3) is 0 Å². The van der Waals surface area contributed by atoms with Crippen LogP contribution in [0.5, 0.6) is 0 Å². The summed E-state index contributed by atoms with van der Waals surface area (Å²) < 4.78 is 43.7. The second kappa shape index (κ2) is 2.64. The van der Waals surface area contributed by atoms with Crippen LogP contribution in [-0.2, 0) is 10.1 Å². The molecular formula is C7H8O3S. The minimum atomic E-state index is -4.17. The zero-order valence-corrected chi connectivity index (χ0v) is 6.38. The Morgan fingerprint density at radius 1 is 1.36 bits per heavy atom. The van der Waals surface area contributed by atoms with Crippen molar-refractivity contribution in [2.24, 2.45) is 0 Å². The lowest BCUT2D eigenvalue weighted by atomic mass is 10.2. The summed E-state index contributed by atoms with van der Waals surface area (Å²) in [6.07, 6.45) is 0. The van der Waals surface area contributed by atoms with Gasteiger partial charge in [0.15, 0.2) is 0 Å². The second-order valence-electron chi connectivity index (χ2n) is 2.04.